The van der Waals surface area contributed by atoms with Crippen molar-refractivity contribution in [3.05, 3.63) is 295 Å². The Kier molecular flexibility index (Phi) is 9.81. The molecule has 1 aliphatic carbocycles. The molecule has 1 aliphatic rings. The molecule has 0 aromatic heterocycles. The predicted molar refractivity (Wildman–Crippen MR) is 278 cm³/mol. The van der Waals surface area contributed by atoms with Gasteiger partial charge in [-0.25, -0.2) is 0 Å². The molecule has 1 heteroatoms. The summed E-state index contributed by atoms with van der Waals surface area (Å²) in [4.78, 5) is 2.44. The molecule has 11 aromatic rings. The summed E-state index contributed by atoms with van der Waals surface area (Å²) in [5.74, 6) is 0. The van der Waals surface area contributed by atoms with Gasteiger partial charge in [0.05, 0.1) is 5.41 Å². The SMILES string of the molecule is c1ccc(-c2ccccc2-c2ccc(N(c3cccc(-c4cccc(-c5cccc6ccccc56)c4)c3)c3ccc4c(c3)C(c3ccccc3)(c3ccccc3)c3ccccc3-4)cc2)cc1. The molecular formula is C65H45N. The van der Waals surface area contributed by atoms with Crippen LogP contribution in [0.3, 0.4) is 0 Å². The number of benzene rings is 11. The fourth-order valence-electron chi connectivity index (χ4n) is 10.6. The molecule has 0 heterocycles. The molecular weight excluding hydrogens is 795 g/mol. The molecule has 310 valence electrons. The Morgan fingerprint density at radius 2 is 0.712 bits per heavy atom. The van der Waals surface area contributed by atoms with Crippen molar-refractivity contribution < 1.29 is 0 Å². The lowest BCUT2D eigenvalue weighted by Gasteiger charge is -2.35. The summed E-state index contributed by atoms with van der Waals surface area (Å²) in [6.45, 7) is 0. The van der Waals surface area contributed by atoms with Crippen LogP contribution < -0.4 is 4.90 Å². The van der Waals surface area contributed by atoms with Gasteiger partial charge in [-0.15, -0.1) is 0 Å². The van der Waals surface area contributed by atoms with Crippen molar-refractivity contribution in [1.82, 2.24) is 0 Å². The van der Waals surface area contributed by atoms with Crippen LogP contribution in [0.15, 0.2) is 273 Å². The number of hydrogen-bond acceptors (Lipinski definition) is 1. The van der Waals surface area contributed by atoms with E-state index < -0.39 is 5.41 Å². The summed E-state index contributed by atoms with van der Waals surface area (Å²) in [6.07, 6.45) is 0. The number of hydrogen-bond donors (Lipinski definition) is 0. The average molecular weight is 840 g/mol. The molecule has 0 spiro atoms. The zero-order valence-corrected chi connectivity index (χ0v) is 36.4. The van der Waals surface area contributed by atoms with Crippen molar-refractivity contribution in [3.63, 3.8) is 0 Å². The van der Waals surface area contributed by atoms with Gasteiger partial charge in [-0.3, -0.25) is 0 Å². The second-order valence-corrected chi connectivity index (χ2v) is 17.2. The third-order valence-electron chi connectivity index (χ3n) is 13.5. The summed E-state index contributed by atoms with van der Waals surface area (Å²) < 4.78 is 0. The molecule has 11 aromatic carbocycles. The summed E-state index contributed by atoms with van der Waals surface area (Å²) in [5.41, 5.74) is 19.9. The van der Waals surface area contributed by atoms with E-state index in [4.69, 9.17) is 0 Å². The van der Waals surface area contributed by atoms with Gasteiger partial charge in [-0.1, -0.05) is 231 Å². The van der Waals surface area contributed by atoms with Crippen LogP contribution in [0.2, 0.25) is 0 Å². The molecule has 0 fully saturated rings. The molecule has 0 unspecified atom stereocenters. The Morgan fingerprint density at radius 1 is 0.242 bits per heavy atom. The fraction of sp³-hybridized carbons (Fsp3) is 0.0154. The van der Waals surface area contributed by atoms with Gasteiger partial charge in [0.25, 0.3) is 0 Å². The number of rotatable bonds is 9. The van der Waals surface area contributed by atoms with E-state index in [1.54, 1.807) is 0 Å². The predicted octanol–water partition coefficient (Wildman–Crippen LogP) is 17.3. The van der Waals surface area contributed by atoms with Crippen LogP contribution in [0.5, 0.6) is 0 Å². The molecule has 0 saturated carbocycles. The monoisotopic (exact) mass is 839 g/mol. The lowest BCUT2D eigenvalue weighted by molar-refractivity contribution is 0.768. The summed E-state index contributed by atoms with van der Waals surface area (Å²) in [6, 6.07) is 100. The molecule has 0 saturated heterocycles. The molecule has 0 aliphatic heterocycles. The first kappa shape index (κ1) is 39.1. The van der Waals surface area contributed by atoms with Crippen LogP contribution in [0.1, 0.15) is 22.3 Å². The zero-order chi connectivity index (χ0) is 43.9. The maximum atomic E-state index is 2.46. The van der Waals surface area contributed by atoms with E-state index in [1.165, 1.54) is 83.1 Å². The van der Waals surface area contributed by atoms with E-state index in [-0.39, 0.29) is 0 Å². The van der Waals surface area contributed by atoms with E-state index in [1.807, 2.05) is 0 Å². The molecule has 0 N–H and O–H groups in total. The second kappa shape index (κ2) is 16.6. The van der Waals surface area contributed by atoms with Crippen LogP contribution in [0.25, 0.3) is 66.4 Å². The fourth-order valence-corrected chi connectivity index (χ4v) is 10.6. The Balaban J connectivity index is 1.04. The van der Waals surface area contributed by atoms with Gasteiger partial charge in [-0.05, 0) is 131 Å². The normalized spacial score (nSPS) is 12.4. The smallest absolute Gasteiger partial charge is 0.0714 e. The van der Waals surface area contributed by atoms with Crippen LogP contribution in [0.4, 0.5) is 17.1 Å². The maximum absolute atomic E-state index is 2.46. The Bertz CT molecular complexity index is 3470. The Hall–Kier alpha value is -8.52. The van der Waals surface area contributed by atoms with Crippen LogP contribution in [0, 0.1) is 0 Å². The maximum Gasteiger partial charge on any atom is 0.0714 e. The number of fused-ring (bicyclic) bond motifs is 4. The van der Waals surface area contributed by atoms with Crippen LogP contribution in [-0.4, -0.2) is 0 Å². The van der Waals surface area contributed by atoms with Gasteiger partial charge in [0, 0.05) is 17.1 Å². The lowest BCUT2D eigenvalue weighted by atomic mass is 9.67. The molecule has 66 heavy (non-hydrogen) atoms. The van der Waals surface area contributed by atoms with Gasteiger partial charge < -0.3 is 4.90 Å². The van der Waals surface area contributed by atoms with Crippen molar-refractivity contribution in [2.45, 2.75) is 5.41 Å². The average Bonchev–Trinajstić information content (AvgIpc) is 3.70. The highest BCUT2D eigenvalue weighted by molar-refractivity contribution is 5.97. The third kappa shape index (κ3) is 6.64. The van der Waals surface area contributed by atoms with E-state index in [9.17, 15) is 0 Å². The first-order valence-corrected chi connectivity index (χ1v) is 22.8. The summed E-state index contributed by atoms with van der Waals surface area (Å²) in [5, 5.41) is 2.50. The van der Waals surface area contributed by atoms with Crippen molar-refractivity contribution >= 4 is 27.8 Å². The molecule has 0 atom stereocenters. The van der Waals surface area contributed by atoms with E-state index in [0.717, 1.165) is 22.6 Å². The summed E-state index contributed by atoms with van der Waals surface area (Å²) in [7, 11) is 0. The Morgan fingerprint density at radius 3 is 1.44 bits per heavy atom. The zero-order valence-electron chi connectivity index (χ0n) is 36.4. The molecule has 0 radical (unpaired) electrons. The van der Waals surface area contributed by atoms with Crippen molar-refractivity contribution in [1.29, 1.82) is 0 Å². The largest absolute Gasteiger partial charge is 0.310 e. The van der Waals surface area contributed by atoms with Gasteiger partial charge >= 0.3 is 0 Å². The Labute approximate surface area is 387 Å². The highest BCUT2D eigenvalue weighted by atomic mass is 15.1. The topological polar surface area (TPSA) is 3.24 Å². The highest BCUT2D eigenvalue weighted by Gasteiger charge is 2.46. The van der Waals surface area contributed by atoms with Crippen molar-refractivity contribution in [3.8, 4) is 55.6 Å². The molecule has 12 rings (SSSR count). The van der Waals surface area contributed by atoms with E-state index >= 15 is 0 Å². The summed E-state index contributed by atoms with van der Waals surface area (Å²) >= 11 is 0. The molecule has 0 bridgehead atoms. The van der Waals surface area contributed by atoms with Crippen molar-refractivity contribution in [2.24, 2.45) is 0 Å². The lowest BCUT2D eigenvalue weighted by Crippen LogP contribution is -2.28. The first-order chi connectivity index (χ1) is 32.7. The van der Waals surface area contributed by atoms with Crippen LogP contribution in [-0.2, 0) is 5.41 Å². The number of nitrogens with zero attached hydrogens (tertiary/aromatic N) is 1. The minimum absolute atomic E-state index is 0.523. The van der Waals surface area contributed by atoms with E-state index in [2.05, 4.69) is 278 Å². The van der Waals surface area contributed by atoms with Gasteiger partial charge in [0.1, 0.15) is 0 Å². The third-order valence-corrected chi connectivity index (χ3v) is 13.5. The standard InChI is InChI=1S/C65H45N/c1-4-19-46(20-5-1)57-32-12-13-33-59(57)48-37-39-54(40-38-48)66(55-30-17-24-50(44-55)49-23-16-25-51(43-49)60-35-18-22-47-21-10-11-31-58(47)60)56-41-42-62-61-34-14-15-36-63(61)65(64(62)45-56,52-26-6-2-7-27-52)53-28-8-3-9-29-53/h1-45H. The van der Waals surface area contributed by atoms with Gasteiger partial charge in [0.15, 0.2) is 0 Å². The molecule has 1 nitrogen and oxygen atoms in total. The van der Waals surface area contributed by atoms with E-state index in [0.29, 0.717) is 0 Å². The minimum atomic E-state index is -0.523. The number of anilines is 3. The minimum Gasteiger partial charge on any atom is -0.310 e. The first-order valence-electron chi connectivity index (χ1n) is 22.8. The van der Waals surface area contributed by atoms with Crippen LogP contribution >= 0.6 is 0 Å². The van der Waals surface area contributed by atoms with Gasteiger partial charge in [-0.2, -0.15) is 0 Å². The second-order valence-electron chi connectivity index (χ2n) is 17.2. The van der Waals surface area contributed by atoms with Crippen molar-refractivity contribution in [2.75, 3.05) is 4.90 Å². The van der Waals surface area contributed by atoms with Gasteiger partial charge in [0.2, 0.25) is 0 Å². The highest BCUT2D eigenvalue weighted by Crippen LogP contribution is 2.57. The quantitative estimate of drug-likeness (QED) is 0.140. The molecule has 0 amide bonds.